The fraction of sp³-hybridized carbons (Fsp3) is 0.786. The lowest BCUT2D eigenvalue weighted by Gasteiger charge is -2.14. The molecule has 0 aliphatic carbocycles. The van der Waals surface area contributed by atoms with Crippen LogP contribution in [-0.2, 0) is 11.3 Å². The minimum Gasteiger partial charge on any atom is -0.378 e. The van der Waals surface area contributed by atoms with Crippen molar-refractivity contribution in [1.82, 2.24) is 9.78 Å². The largest absolute Gasteiger partial charge is 0.378 e. The topological polar surface area (TPSA) is 53.1 Å². The zero-order valence-electron chi connectivity index (χ0n) is 11.6. The number of rotatable bonds is 6. The average molecular weight is 251 g/mol. The van der Waals surface area contributed by atoms with Crippen molar-refractivity contribution in [3.05, 3.63) is 17.5 Å². The first-order chi connectivity index (χ1) is 8.70. The van der Waals surface area contributed by atoms with Crippen LogP contribution < -0.4 is 5.73 Å². The maximum Gasteiger partial charge on any atom is 0.0597 e. The molecule has 1 aliphatic rings. The van der Waals surface area contributed by atoms with Crippen LogP contribution in [0.4, 0.5) is 0 Å². The van der Waals surface area contributed by atoms with Gasteiger partial charge < -0.3 is 10.5 Å². The number of nitrogens with two attached hydrogens (primary N) is 1. The molecule has 4 nitrogen and oxygen atoms in total. The molecular weight excluding hydrogens is 226 g/mol. The van der Waals surface area contributed by atoms with E-state index in [0.717, 1.165) is 38.1 Å². The Labute approximate surface area is 110 Å². The Hall–Kier alpha value is -0.870. The van der Waals surface area contributed by atoms with Gasteiger partial charge >= 0.3 is 0 Å². The lowest BCUT2D eigenvalue weighted by atomic mass is 10.0. The van der Waals surface area contributed by atoms with E-state index in [1.807, 2.05) is 11.6 Å². The highest BCUT2D eigenvalue weighted by Gasteiger charge is 2.17. The van der Waals surface area contributed by atoms with Crippen molar-refractivity contribution in [2.75, 3.05) is 6.61 Å². The van der Waals surface area contributed by atoms with Gasteiger partial charge in [-0.2, -0.15) is 5.10 Å². The second kappa shape index (κ2) is 6.34. The molecule has 2 rings (SSSR count). The third-order valence-electron chi connectivity index (χ3n) is 3.68. The second-order valence-electron chi connectivity index (χ2n) is 5.20. The number of nitrogens with zero attached hydrogens (tertiary/aromatic N) is 2. The lowest BCUT2D eigenvalue weighted by molar-refractivity contribution is 0.101. The highest BCUT2D eigenvalue weighted by Crippen LogP contribution is 2.22. The van der Waals surface area contributed by atoms with E-state index in [1.165, 1.54) is 18.5 Å². The van der Waals surface area contributed by atoms with Crippen LogP contribution in [0.3, 0.4) is 0 Å². The van der Waals surface area contributed by atoms with Crippen LogP contribution in [0.15, 0.2) is 6.07 Å². The smallest absolute Gasteiger partial charge is 0.0597 e. The molecule has 0 saturated carbocycles. The summed E-state index contributed by atoms with van der Waals surface area (Å²) in [5, 5.41) is 4.45. The Balaban J connectivity index is 1.81. The first-order valence-electron chi connectivity index (χ1n) is 7.12. The average Bonchev–Trinajstić information content (AvgIpc) is 2.98. The van der Waals surface area contributed by atoms with Crippen LogP contribution in [0.25, 0.3) is 0 Å². The summed E-state index contributed by atoms with van der Waals surface area (Å²) >= 11 is 0. The number of aryl methyl sites for hydroxylation is 2. The van der Waals surface area contributed by atoms with Gasteiger partial charge in [0.2, 0.25) is 0 Å². The van der Waals surface area contributed by atoms with Crippen LogP contribution >= 0.6 is 0 Å². The molecule has 18 heavy (non-hydrogen) atoms. The van der Waals surface area contributed by atoms with E-state index in [-0.39, 0.29) is 6.04 Å². The molecule has 2 N–H and O–H groups in total. The molecule has 0 aromatic carbocycles. The predicted molar refractivity (Wildman–Crippen MR) is 72.4 cm³/mol. The van der Waals surface area contributed by atoms with Gasteiger partial charge in [-0.25, -0.2) is 0 Å². The monoisotopic (exact) mass is 251 g/mol. The van der Waals surface area contributed by atoms with Crippen LogP contribution in [0.1, 0.15) is 56.5 Å². The Bertz CT molecular complexity index is 369. The zero-order chi connectivity index (χ0) is 13.0. The molecular formula is C14H25N3O. The van der Waals surface area contributed by atoms with E-state index in [4.69, 9.17) is 10.5 Å². The molecule has 0 amide bonds. The van der Waals surface area contributed by atoms with Crippen LogP contribution in [0.5, 0.6) is 0 Å². The third kappa shape index (κ3) is 3.33. The number of aromatic nitrogens is 2. The Kier molecular flexibility index (Phi) is 4.78. The zero-order valence-corrected chi connectivity index (χ0v) is 11.6. The molecule has 2 heterocycles. The second-order valence-corrected chi connectivity index (χ2v) is 5.20. The van der Waals surface area contributed by atoms with Gasteiger partial charge in [0.25, 0.3) is 0 Å². The van der Waals surface area contributed by atoms with Gasteiger partial charge in [0.1, 0.15) is 0 Å². The van der Waals surface area contributed by atoms with Gasteiger partial charge in [-0.1, -0.05) is 0 Å². The van der Waals surface area contributed by atoms with Gasteiger partial charge in [-0.3, -0.25) is 4.68 Å². The molecule has 102 valence electrons. The molecule has 0 bridgehead atoms. The van der Waals surface area contributed by atoms with Crippen molar-refractivity contribution < 1.29 is 4.74 Å². The fourth-order valence-electron chi connectivity index (χ4n) is 2.70. The highest BCUT2D eigenvalue weighted by molar-refractivity contribution is 5.12. The molecule has 2 atom stereocenters. The molecule has 4 heteroatoms. The van der Waals surface area contributed by atoms with Gasteiger partial charge in [-0.05, 0) is 52.0 Å². The minimum absolute atomic E-state index is 0.104. The van der Waals surface area contributed by atoms with E-state index < -0.39 is 0 Å². The summed E-state index contributed by atoms with van der Waals surface area (Å²) in [6.45, 7) is 5.96. The SMILES string of the molecule is CCn1nc(C)cc1C(N)CCCC1CCCO1. The third-order valence-corrected chi connectivity index (χ3v) is 3.68. The molecule has 2 unspecified atom stereocenters. The lowest BCUT2D eigenvalue weighted by Crippen LogP contribution is -2.16. The summed E-state index contributed by atoms with van der Waals surface area (Å²) in [6, 6.07) is 2.22. The number of ether oxygens (including phenoxy) is 1. The molecule has 0 spiro atoms. The normalized spacial score (nSPS) is 21.4. The van der Waals surface area contributed by atoms with Crippen LogP contribution in [-0.4, -0.2) is 22.5 Å². The first-order valence-corrected chi connectivity index (χ1v) is 7.12. The Morgan fingerprint density at radius 1 is 1.61 bits per heavy atom. The van der Waals surface area contributed by atoms with E-state index in [2.05, 4.69) is 18.1 Å². The standard InChI is InChI=1S/C14H25N3O/c1-3-17-14(10-11(2)16-17)13(15)8-4-6-12-7-5-9-18-12/h10,12-13H,3-9,15H2,1-2H3. The fourth-order valence-corrected chi connectivity index (χ4v) is 2.70. The summed E-state index contributed by atoms with van der Waals surface area (Å²) in [5.74, 6) is 0. The van der Waals surface area contributed by atoms with Crippen LogP contribution in [0.2, 0.25) is 0 Å². The van der Waals surface area contributed by atoms with E-state index >= 15 is 0 Å². The summed E-state index contributed by atoms with van der Waals surface area (Å²) in [4.78, 5) is 0. The minimum atomic E-state index is 0.104. The number of hydrogen-bond donors (Lipinski definition) is 1. The Morgan fingerprint density at radius 3 is 3.11 bits per heavy atom. The maximum absolute atomic E-state index is 6.27. The van der Waals surface area contributed by atoms with E-state index in [1.54, 1.807) is 0 Å². The van der Waals surface area contributed by atoms with Crippen molar-refractivity contribution in [3.63, 3.8) is 0 Å². The van der Waals surface area contributed by atoms with Crippen molar-refractivity contribution in [2.45, 2.75) is 64.6 Å². The maximum atomic E-state index is 6.27. The first kappa shape index (κ1) is 13.6. The van der Waals surface area contributed by atoms with Crippen molar-refractivity contribution in [1.29, 1.82) is 0 Å². The van der Waals surface area contributed by atoms with Gasteiger partial charge in [-0.15, -0.1) is 0 Å². The van der Waals surface area contributed by atoms with Gasteiger partial charge in [0, 0.05) is 19.2 Å². The van der Waals surface area contributed by atoms with Gasteiger partial charge in [0.05, 0.1) is 17.5 Å². The molecule has 1 aliphatic heterocycles. The summed E-state index contributed by atoms with van der Waals surface area (Å²) in [6.07, 6.45) is 6.23. The molecule has 1 saturated heterocycles. The summed E-state index contributed by atoms with van der Waals surface area (Å²) in [5.41, 5.74) is 8.49. The van der Waals surface area contributed by atoms with Crippen molar-refractivity contribution >= 4 is 0 Å². The summed E-state index contributed by atoms with van der Waals surface area (Å²) in [7, 11) is 0. The van der Waals surface area contributed by atoms with E-state index in [9.17, 15) is 0 Å². The van der Waals surface area contributed by atoms with E-state index in [0.29, 0.717) is 6.10 Å². The molecule has 1 fully saturated rings. The number of hydrogen-bond acceptors (Lipinski definition) is 3. The Morgan fingerprint density at radius 2 is 2.44 bits per heavy atom. The molecule has 1 aromatic heterocycles. The summed E-state index contributed by atoms with van der Waals surface area (Å²) < 4.78 is 7.65. The predicted octanol–water partition coefficient (Wildman–Crippen LogP) is 2.56. The quantitative estimate of drug-likeness (QED) is 0.845. The molecule has 0 radical (unpaired) electrons. The van der Waals surface area contributed by atoms with Gasteiger partial charge in [0.15, 0.2) is 0 Å². The van der Waals surface area contributed by atoms with Crippen LogP contribution in [0, 0.1) is 6.92 Å². The molecule has 1 aromatic rings. The van der Waals surface area contributed by atoms with Crippen molar-refractivity contribution in [2.24, 2.45) is 5.73 Å². The highest BCUT2D eigenvalue weighted by atomic mass is 16.5. The van der Waals surface area contributed by atoms with Crippen molar-refractivity contribution in [3.8, 4) is 0 Å².